The van der Waals surface area contributed by atoms with Crippen molar-refractivity contribution in [3.05, 3.63) is 70.8 Å². The Kier molecular flexibility index (Phi) is 6.37. The van der Waals surface area contributed by atoms with E-state index in [9.17, 15) is 5.11 Å². The van der Waals surface area contributed by atoms with Crippen LogP contribution in [0.1, 0.15) is 48.6 Å². The van der Waals surface area contributed by atoms with Crippen molar-refractivity contribution in [2.45, 2.75) is 52.8 Å². The minimum absolute atomic E-state index is 0.438. The molecule has 0 unspecified atom stereocenters. The topological polar surface area (TPSA) is 23.5 Å². The first-order valence-corrected chi connectivity index (χ1v) is 8.54. The Morgan fingerprint density at radius 1 is 1.04 bits per heavy atom. The van der Waals surface area contributed by atoms with E-state index in [4.69, 9.17) is 0 Å². The molecular formula is C21H29NO. The molecule has 0 heterocycles. The molecule has 124 valence electrons. The van der Waals surface area contributed by atoms with E-state index in [1.54, 1.807) is 0 Å². The molecule has 23 heavy (non-hydrogen) atoms. The number of rotatable bonds is 7. The van der Waals surface area contributed by atoms with E-state index in [2.05, 4.69) is 50.8 Å². The van der Waals surface area contributed by atoms with E-state index in [-0.39, 0.29) is 0 Å². The average molecular weight is 311 g/mol. The van der Waals surface area contributed by atoms with Crippen molar-refractivity contribution in [1.29, 1.82) is 0 Å². The fourth-order valence-corrected chi connectivity index (χ4v) is 2.85. The van der Waals surface area contributed by atoms with E-state index < -0.39 is 6.10 Å². The molecule has 0 bridgehead atoms. The summed E-state index contributed by atoms with van der Waals surface area (Å²) in [5.74, 6) is 0. The number of aliphatic hydroxyl groups is 1. The number of hydrogen-bond acceptors (Lipinski definition) is 2. The number of aryl methyl sites for hydroxylation is 2. The molecule has 0 saturated heterocycles. The predicted molar refractivity (Wildman–Crippen MR) is 97.5 cm³/mol. The highest BCUT2D eigenvalue weighted by Gasteiger charge is 2.18. The highest BCUT2D eigenvalue weighted by molar-refractivity contribution is 5.30. The average Bonchev–Trinajstić information content (AvgIpc) is 2.57. The monoisotopic (exact) mass is 311 g/mol. The van der Waals surface area contributed by atoms with Crippen molar-refractivity contribution in [2.75, 3.05) is 6.54 Å². The zero-order valence-electron chi connectivity index (χ0n) is 14.8. The van der Waals surface area contributed by atoms with E-state index >= 15 is 0 Å². The van der Waals surface area contributed by atoms with Gasteiger partial charge in [0.2, 0.25) is 0 Å². The Morgan fingerprint density at radius 3 is 2.39 bits per heavy atom. The maximum Gasteiger partial charge on any atom is 0.0917 e. The fourth-order valence-electron chi connectivity index (χ4n) is 2.85. The van der Waals surface area contributed by atoms with Gasteiger partial charge >= 0.3 is 0 Å². The predicted octanol–water partition coefficient (Wildman–Crippen LogP) is 4.64. The summed E-state index contributed by atoms with van der Waals surface area (Å²) in [5, 5.41) is 10.6. The largest absolute Gasteiger partial charge is 0.387 e. The molecule has 0 aliphatic carbocycles. The standard InChI is InChI=1S/C21H29NO/c1-5-18(4)22(14-20-13-16(2)11-12-17(20)3)15-21(23)19-9-7-6-8-10-19/h6-13,18,21,23H,5,14-15H2,1-4H3/t18-,21-/m0/s1. The highest BCUT2D eigenvalue weighted by Crippen LogP contribution is 2.20. The minimum atomic E-state index is -0.449. The summed E-state index contributed by atoms with van der Waals surface area (Å²) in [5.41, 5.74) is 4.95. The van der Waals surface area contributed by atoms with Crippen LogP contribution >= 0.6 is 0 Å². The quantitative estimate of drug-likeness (QED) is 0.805. The molecule has 2 nitrogen and oxygen atoms in total. The third-order valence-electron chi connectivity index (χ3n) is 4.68. The van der Waals surface area contributed by atoms with Gasteiger partial charge in [0.15, 0.2) is 0 Å². The molecule has 0 fully saturated rings. The van der Waals surface area contributed by atoms with Gasteiger partial charge in [-0.15, -0.1) is 0 Å². The molecule has 0 aliphatic rings. The normalized spacial score (nSPS) is 14.0. The van der Waals surface area contributed by atoms with Gasteiger partial charge in [0.25, 0.3) is 0 Å². The number of aliphatic hydroxyl groups excluding tert-OH is 1. The van der Waals surface area contributed by atoms with Crippen LogP contribution in [0, 0.1) is 13.8 Å². The molecule has 0 saturated carbocycles. The summed E-state index contributed by atoms with van der Waals surface area (Å²) < 4.78 is 0. The van der Waals surface area contributed by atoms with Crippen LogP contribution in [0.4, 0.5) is 0 Å². The molecule has 0 radical (unpaired) electrons. The first-order chi connectivity index (χ1) is 11.0. The summed E-state index contributed by atoms with van der Waals surface area (Å²) in [6.45, 7) is 10.3. The van der Waals surface area contributed by atoms with E-state index in [0.717, 1.165) is 18.5 Å². The van der Waals surface area contributed by atoms with Gasteiger partial charge in [-0.3, -0.25) is 4.90 Å². The first kappa shape index (κ1) is 17.7. The lowest BCUT2D eigenvalue weighted by atomic mass is 10.0. The Labute approximate surface area is 140 Å². The SMILES string of the molecule is CC[C@H](C)N(Cc1cc(C)ccc1C)C[C@H](O)c1ccccc1. The van der Waals surface area contributed by atoms with Crippen molar-refractivity contribution in [3.8, 4) is 0 Å². The zero-order chi connectivity index (χ0) is 16.8. The molecule has 2 heteroatoms. The molecule has 0 spiro atoms. The Bertz CT molecular complexity index is 608. The highest BCUT2D eigenvalue weighted by atomic mass is 16.3. The van der Waals surface area contributed by atoms with Crippen LogP contribution in [0.25, 0.3) is 0 Å². The Balaban J connectivity index is 2.15. The van der Waals surface area contributed by atoms with Crippen LogP contribution in [0.5, 0.6) is 0 Å². The lowest BCUT2D eigenvalue weighted by Crippen LogP contribution is -2.36. The van der Waals surface area contributed by atoms with Gasteiger partial charge in [0, 0.05) is 19.1 Å². The fraction of sp³-hybridized carbons (Fsp3) is 0.429. The molecule has 2 aromatic carbocycles. The number of benzene rings is 2. The summed E-state index contributed by atoms with van der Waals surface area (Å²) >= 11 is 0. The Hall–Kier alpha value is -1.64. The van der Waals surface area contributed by atoms with Crippen LogP contribution in [0.3, 0.4) is 0 Å². The van der Waals surface area contributed by atoms with Crippen LogP contribution in [-0.4, -0.2) is 22.6 Å². The molecule has 2 rings (SSSR count). The minimum Gasteiger partial charge on any atom is -0.387 e. The second-order valence-corrected chi connectivity index (χ2v) is 6.54. The van der Waals surface area contributed by atoms with Gasteiger partial charge < -0.3 is 5.11 Å². The summed E-state index contributed by atoms with van der Waals surface area (Å²) in [4.78, 5) is 2.39. The first-order valence-electron chi connectivity index (χ1n) is 8.54. The van der Waals surface area contributed by atoms with Crippen LogP contribution in [0.2, 0.25) is 0 Å². The Morgan fingerprint density at radius 2 is 1.74 bits per heavy atom. The molecule has 2 aromatic rings. The lowest BCUT2D eigenvalue weighted by Gasteiger charge is -2.31. The van der Waals surface area contributed by atoms with E-state index in [1.807, 2.05) is 30.3 Å². The van der Waals surface area contributed by atoms with Crippen molar-refractivity contribution < 1.29 is 5.11 Å². The van der Waals surface area contributed by atoms with Crippen LogP contribution in [0.15, 0.2) is 48.5 Å². The summed E-state index contributed by atoms with van der Waals surface area (Å²) in [7, 11) is 0. The maximum atomic E-state index is 10.6. The summed E-state index contributed by atoms with van der Waals surface area (Å²) in [6, 6.07) is 17.0. The van der Waals surface area contributed by atoms with Crippen molar-refractivity contribution >= 4 is 0 Å². The second-order valence-electron chi connectivity index (χ2n) is 6.54. The van der Waals surface area contributed by atoms with Gasteiger partial charge in [-0.25, -0.2) is 0 Å². The summed E-state index contributed by atoms with van der Waals surface area (Å²) in [6.07, 6.45) is 0.627. The van der Waals surface area contributed by atoms with Gasteiger partial charge in [0.1, 0.15) is 0 Å². The molecule has 0 amide bonds. The number of hydrogen-bond donors (Lipinski definition) is 1. The third kappa shape index (κ3) is 4.92. The molecule has 2 atom stereocenters. The van der Waals surface area contributed by atoms with Gasteiger partial charge in [-0.1, -0.05) is 61.0 Å². The maximum absolute atomic E-state index is 10.6. The van der Waals surface area contributed by atoms with Crippen molar-refractivity contribution in [2.24, 2.45) is 0 Å². The van der Waals surface area contributed by atoms with E-state index in [1.165, 1.54) is 16.7 Å². The smallest absolute Gasteiger partial charge is 0.0917 e. The van der Waals surface area contributed by atoms with Gasteiger partial charge in [0.05, 0.1) is 6.10 Å². The number of nitrogens with zero attached hydrogens (tertiary/aromatic N) is 1. The van der Waals surface area contributed by atoms with Crippen LogP contribution < -0.4 is 0 Å². The second kappa shape index (κ2) is 8.28. The molecule has 0 aliphatic heterocycles. The van der Waals surface area contributed by atoms with Crippen LogP contribution in [-0.2, 0) is 6.54 Å². The van der Waals surface area contributed by atoms with E-state index in [0.29, 0.717) is 12.6 Å². The zero-order valence-corrected chi connectivity index (χ0v) is 14.8. The van der Waals surface area contributed by atoms with Gasteiger partial charge in [-0.2, -0.15) is 0 Å². The lowest BCUT2D eigenvalue weighted by molar-refractivity contribution is 0.0846. The molecule has 1 N–H and O–H groups in total. The van der Waals surface area contributed by atoms with Gasteiger partial charge in [-0.05, 0) is 43.9 Å². The van der Waals surface area contributed by atoms with Crippen molar-refractivity contribution in [1.82, 2.24) is 4.90 Å². The molecular weight excluding hydrogens is 282 g/mol. The third-order valence-corrected chi connectivity index (χ3v) is 4.68. The molecule has 0 aromatic heterocycles. The van der Waals surface area contributed by atoms with Crippen molar-refractivity contribution in [3.63, 3.8) is 0 Å².